The molecule has 0 bridgehead atoms. The van der Waals surface area contributed by atoms with E-state index >= 15 is 0 Å². The van der Waals surface area contributed by atoms with Gasteiger partial charge < -0.3 is 5.11 Å². The first kappa shape index (κ1) is 13.7. The summed E-state index contributed by atoms with van der Waals surface area (Å²) in [4.78, 5) is 0. The highest BCUT2D eigenvalue weighted by atomic mass is 16.3. The highest BCUT2D eigenvalue weighted by molar-refractivity contribution is 5.43. The number of hydrogen-bond donors (Lipinski definition) is 1. The Hall–Kier alpha value is -1.77. The fourth-order valence-corrected chi connectivity index (χ4v) is 2.35. The lowest BCUT2D eigenvalue weighted by Crippen LogP contribution is -2.04. The largest absolute Gasteiger partial charge is 0.504 e. The Labute approximate surface area is 114 Å². The van der Waals surface area contributed by atoms with E-state index in [9.17, 15) is 5.11 Å². The maximum atomic E-state index is 10.4. The summed E-state index contributed by atoms with van der Waals surface area (Å²) >= 11 is 0. The van der Waals surface area contributed by atoms with Crippen molar-refractivity contribution >= 4 is 0 Å². The normalized spacial score (nSPS) is 11.2. The molecule has 0 atom stereocenters. The predicted molar refractivity (Wildman–Crippen MR) is 78.0 cm³/mol. The van der Waals surface area contributed by atoms with Crippen molar-refractivity contribution in [3.63, 3.8) is 0 Å². The molecule has 0 aliphatic carbocycles. The van der Waals surface area contributed by atoms with E-state index in [1.54, 1.807) is 0 Å². The number of aryl methyl sites for hydroxylation is 2. The third-order valence-electron chi connectivity index (χ3n) is 3.24. The summed E-state index contributed by atoms with van der Waals surface area (Å²) in [5.41, 5.74) is 3.90. The average Bonchev–Trinajstić information content (AvgIpc) is 2.67. The second kappa shape index (κ2) is 5.47. The molecule has 0 saturated heterocycles. The van der Waals surface area contributed by atoms with Crippen LogP contribution in [0.3, 0.4) is 0 Å². The van der Waals surface area contributed by atoms with Crippen LogP contribution in [-0.4, -0.2) is 14.9 Å². The number of benzene rings is 1. The van der Waals surface area contributed by atoms with Crippen molar-refractivity contribution in [1.82, 2.24) is 9.78 Å². The zero-order chi connectivity index (χ0) is 14.0. The van der Waals surface area contributed by atoms with Crippen LogP contribution in [0.2, 0.25) is 0 Å². The van der Waals surface area contributed by atoms with Gasteiger partial charge in [0.2, 0.25) is 0 Å². The molecule has 0 saturated carbocycles. The first-order chi connectivity index (χ1) is 9.04. The molecule has 19 heavy (non-hydrogen) atoms. The molecule has 0 fully saturated rings. The van der Waals surface area contributed by atoms with Crippen LogP contribution in [0.15, 0.2) is 24.3 Å². The van der Waals surface area contributed by atoms with Crippen LogP contribution in [0.5, 0.6) is 5.75 Å². The second-order valence-electron chi connectivity index (χ2n) is 5.34. The van der Waals surface area contributed by atoms with Gasteiger partial charge in [-0.05, 0) is 37.0 Å². The zero-order valence-electron chi connectivity index (χ0n) is 12.1. The molecule has 2 aromatic rings. The average molecular weight is 258 g/mol. The van der Waals surface area contributed by atoms with Crippen LogP contribution < -0.4 is 0 Å². The highest BCUT2D eigenvalue weighted by Crippen LogP contribution is 2.32. The van der Waals surface area contributed by atoms with Crippen LogP contribution in [-0.2, 0) is 6.42 Å². The molecule has 1 heterocycles. The van der Waals surface area contributed by atoms with Gasteiger partial charge >= 0.3 is 0 Å². The van der Waals surface area contributed by atoms with E-state index in [1.807, 2.05) is 16.8 Å². The fourth-order valence-electron chi connectivity index (χ4n) is 2.35. The standard InChI is InChI=1S/C16H22N2O/c1-5-7-14-16(19)15(11(2)3)18(17-14)13-9-6-8-12(4)10-13/h6,8-11,19H,5,7H2,1-4H3. The monoisotopic (exact) mass is 258 g/mol. The minimum atomic E-state index is 0.235. The van der Waals surface area contributed by atoms with Crippen molar-refractivity contribution in [1.29, 1.82) is 0 Å². The molecule has 1 aromatic carbocycles. The lowest BCUT2D eigenvalue weighted by molar-refractivity contribution is 0.456. The van der Waals surface area contributed by atoms with Gasteiger partial charge in [-0.3, -0.25) is 0 Å². The second-order valence-corrected chi connectivity index (χ2v) is 5.34. The van der Waals surface area contributed by atoms with Gasteiger partial charge in [0.1, 0.15) is 5.69 Å². The van der Waals surface area contributed by atoms with E-state index < -0.39 is 0 Å². The van der Waals surface area contributed by atoms with Gasteiger partial charge in [-0.1, -0.05) is 39.3 Å². The third-order valence-corrected chi connectivity index (χ3v) is 3.24. The van der Waals surface area contributed by atoms with Crippen molar-refractivity contribution in [2.75, 3.05) is 0 Å². The van der Waals surface area contributed by atoms with Crippen LogP contribution in [0.25, 0.3) is 5.69 Å². The maximum absolute atomic E-state index is 10.4. The molecular formula is C16H22N2O. The molecule has 0 spiro atoms. The van der Waals surface area contributed by atoms with Gasteiger partial charge in [-0.15, -0.1) is 0 Å². The molecule has 0 unspecified atom stereocenters. The molecule has 3 heteroatoms. The van der Waals surface area contributed by atoms with E-state index in [-0.39, 0.29) is 5.92 Å². The number of aromatic hydroxyl groups is 1. The fraction of sp³-hybridized carbons (Fsp3) is 0.438. The molecule has 0 aliphatic heterocycles. The predicted octanol–water partition coefficient (Wildman–Crippen LogP) is 3.96. The molecule has 0 amide bonds. The minimum Gasteiger partial charge on any atom is -0.504 e. The minimum absolute atomic E-state index is 0.235. The van der Waals surface area contributed by atoms with E-state index in [1.165, 1.54) is 5.56 Å². The van der Waals surface area contributed by atoms with Crippen molar-refractivity contribution in [2.45, 2.75) is 46.5 Å². The summed E-state index contributed by atoms with van der Waals surface area (Å²) in [5.74, 6) is 0.594. The first-order valence-electron chi connectivity index (χ1n) is 6.92. The summed E-state index contributed by atoms with van der Waals surface area (Å²) in [6.45, 7) is 8.33. The van der Waals surface area contributed by atoms with Crippen molar-refractivity contribution in [3.8, 4) is 11.4 Å². The Morgan fingerprint density at radius 1 is 1.32 bits per heavy atom. The smallest absolute Gasteiger partial charge is 0.160 e. The number of nitrogens with zero attached hydrogens (tertiary/aromatic N) is 2. The van der Waals surface area contributed by atoms with Crippen LogP contribution in [0.1, 0.15) is 50.1 Å². The van der Waals surface area contributed by atoms with Gasteiger partial charge in [-0.2, -0.15) is 5.10 Å². The first-order valence-corrected chi connectivity index (χ1v) is 6.92. The molecule has 1 N–H and O–H groups in total. The highest BCUT2D eigenvalue weighted by Gasteiger charge is 2.20. The third kappa shape index (κ3) is 2.65. The SMILES string of the molecule is CCCc1nn(-c2cccc(C)c2)c(C(C)C)c1O. The summed E-state index contributed by atoms with van der Waals surface area (Å²) < 4.78 is 1.89. The van der Waals surface area contributed by atoms with Crippen molar-refractivity contribution in [3.05, 3.63) is 41.2 Å². The summed E-state index contributed by atoms with van der Waals surface area (Å²) in [6, 6.07) is 8.21. The van der Waals surface area contributed by atoms with Gasteiger partial charge in [0.05, 0.1) is 11.4 Å². The van der Waals surface area contributed by atoms with E-state index in [0.717, 1.165) is 29.9 Å². The molecule has 3 nitrogen and oxygen atoms in total. The van der Waals surface area contributed by atoms with Crippen LogP contribution >= 0.6 is 0 Å². The summed E-state index contributed by atoms with van der Waals surface area (Å²) in [7, 11) is 0. The Morgan fingerprint density at radius 2 is 2.05 bits per heavy atom. The molecule has 1 aromatic heterocycles. The van der Waals surface area contributed by atoms with Crippen LogP contribution in [0.4, 0.5) is 0 Å². The van der Waals surface area contributed by atoms with Crippen LogP contribution in [0, 0.1) is 6.92 Å². The Kier molecular flexibility index (Phi) is 3.93. The van der Waals surface area contributed by atoms with Crippen molar-refractivity contribution < 1.29 is 5.11 Å². The molecule has 0 radical (unpaired) electrons. The van der Waals surface area contributed by atoms with Gasteiger partial charge in [0, 0.05) is 0 Å². The number of rotatable bonds is 4. The molecule has 2 rings (SSSR count). The van der Waals surface area contributed by atoms with E-state index in [2.05, 4.69) is 44.9 Å². The molecule has 0 aliphatic rings. The quantitative estimate of drug-likeness (QED) is 0.901. The molecular weight excluding hydrogens is 236 g/mol. The van der Waals surface area contributed by atoms with Gasteiger partial charge in [0.15, 0.2) is 5.75 Å². The number of aromatic nitrogens is 2. The van der Waals surface area contributed by atoms with Crippen molar-refractivity contribution in [2.24, 2.45) is 0 Å². The number of hydrogen-bond acceptors (Lipinski definition) is 2. The lowest BCUT2D eigenvalue weighted by atomic mass is 10.1. The van der Waals surface area contributed by atoms with E-state index in [0.29, 0.717) is 5.75 Å². The molecule has 102 valence electrons. The maximum Gasteiger partial charge on any atom is 0.160 e. The van der Waals surface area contributed by atoms with Gasteiger partial charge in [-0.25, -0.2) is 4.68 Å². The van der Waals surface area contributed by atoms with E-state index in [4.69, 9.17) is 0 Å². The topological polar surface area (TPSA) is 38.0 Å². The summed E-state index contributed by atoms with van der Waals surface area (Å²) in [6.07, 6.45) is 1.79. The Balaban J connectivity index is 2.58. The Bertz CT molecular complexity index is 570. The summed E-state index contributed by atoms with van der Waals surface area (Å²) in [5, 5.41) is 15.0. The Morgan fingerprint density at radius 3 is 2.63 bits per heavy atom. The zero-order valence-corrected chi connectivity index (χ0v) is 12.1. The lowest BCUT2D eigenvalue weighted by Gasteiger charge is -2.10. The van der Waals surface area contributed by atoms with Gasteiger partial charge in [0.25, 0.3) is 0 Å².